The molecule has 18 heavy (non-hydrogen) atoms. The van der Waals surface area contributed by atoms with Gasteiger partial charge in [0.25, 0.3) is 0 Å². The second-order valence-corrected chi connectivity index (χ2v) is 2.59. The monoisotopic (exact) mass is 254 g/mol. The number of nitrogens with zero attached hydrogens (tertiary/aromatic N) is 2. The van der Waals surface area contributed by atoms with Gasteiger partial charge in [0.05, 0.1) is 19.2 Å². The van der Waals surface area contributed by atoms with Crippen LogP contribution >= 0.6 is 0 Å². The first kappa shape index (κ1) is 15.4. The number of hydrogen-bond acceptors (Lipinski definition) is 8. The average Bonchev–Trinajstić information content (AvgIpc) is 2.34. The van der Waals surface area contributed by atoms with E-state index in [2.05, 4.69) is 19.5 Å². The highest BCUT2D eigenvalue weighted by Crippen LogP contribution is 2.00. The number of rotatable bonds is 7. The summed E-state index contributed by atoms with van der Waals surface area (Å²) in [4.78, 5) is 48.3. The first-order chi connectivity index (χ1) is 8.65. The summed E-state index contributed by atoms with van der Waals surface area (Å²) >= 11 is 0. The maximum Gasteiger partial charge on any atom is 0.358 e. The lowest BCUT2D eigenvalue weighted by Gasteiger charge is -2.01. The van der Waals surface area contributed by atoms with Gasteiger partial charge in [0.15, 0.2) is 5.70 Å². The number of carbonyl (C=O) groups is 2. The zero-order valence-corrected chi connectivity index (χ0v) is 9.54. The van der Waals surface area contributed by atoms with Crippen molar-refractivity contribution in [3.8, 4) is 0 Å². The molecular weight excluding hydrogens is 244 g/mol. The molecule has 8 nitrogen and oxygen atoms in total. The second-order valence-electron chi connectivity index (χ2n) is 2.59. The fourth-order valence-electron chi connectivity index (χ4n) is 0.785. The molecule has 0 N–H and O–H groups in total. The third-order valence-electron chi connectivity index (χ3n) is 1.42. The Bertz CT molecular complexity index is 430. The molecule has 0 atom stereocenters. The van der Waals surface area contributed by atoms with Crippen LogP contribution in [-0.2, 0) is 28.7 Å². The third-order valence-corrected chi connectivity index (χ3v) is 1.42. The Hall–Kier alpha value is -2.56. The molecule has 0 amide bonds. The predicted octanol–water partition coefficient (Wildman–Crippen LogP) is -0.352. The number of hydrogen-bond donors (Lipinski definition) is 0. The largest absolute Gasteiger partial charge is 0.463 e. The zero-order chi connectivity index (χ0) is 13.8. The summed E-state index contributed by atoms with van der Waals surface area (Å²) in [5.74, 6) is -1.86. The van der Waals surface area contributed by atoms with E-state index in [1.807, 2.05) is 0 Å². The van der Waals surface area contributed by atoms with Crippen LogP contribution in [0.4, 0.5) is 0 Å². The highest BCUT2D eigenvalue weighted by Gasteiger charge is 2.13. The summed E-state index contributed by atoms with van der Waals surface area (Å²) in [6.45, 7) is 1.40. The van der Waals surface area contributed by atoms with Crippen LogP contribution in [0.5, 0.6) is 0 Å². The number of esters is 2. The fourth-order valence-corrected chi connectivity index (χ4v) is 0.785. The lowest BCUT2D eigenvalue weighted by atomic mass is 10.4. The Kier molecular flexibility index (Phi) is 8.28. The van der Waals surface area contributed by atoms with E-state index in [0.717, 1.165) is 6.08 Å². The quantitative estimate of drug-likeness (QED) is 0.202. The molecule has 0 aromatic rings. The first-order valence-corrected chi connectivity index (χ1v) is 4.82. The van der Waals surface area contributed by atoms with Crippen molar-refractivity contribution in [1.29, 1.82) is 0 Å². The van der Waals surface area contributed by atoms with Crippen molar-refractivity contribution in [2.24, 2.45) is 9.98 Å². The van der Waals surface area contributed by atoms with Gasteiger partial charge < -0.3 is 9.47 Å². The van der Waals surface area contributed by atoms with E-state index in [-0.39, 0.29) is 19.8 Å². The lowest BCUT2D eigenvalue weighted by Crippen LogP contribution is -2.12. The Balaban J connectivity index is 4.58. The van der Waals surface area contributed by atoms with Crippen molar-refractivity contribution in [2.45, 2.75) is 6.92 Å². The van der Waals surface area contributed by atoms with Crippen molar-refractivity contribution >= 4 is 24.1 Å². The molecule has 8 heteroatoms. The van der Waals surface area contributed by atoms with Gasteiger partial charge in [-0.1, -0.05) is 0 Å². The van der Waals surface area contributed by atoms with Gasteiger partial charge in [-0.05, 0) is 6.92 Å². The van der Waals surface area contributed by atoms with Crippen LogP contribution in [0.2, 0.25) is 0 Å². The van der Waals surface area contributed by atoms with Gasteiger partial charge in [-0.2, -0.15) is 4.99 Å². The second kappa shape index (κ2) is 9.65. The zero-order valence-electron chi connectivity index (χ0n) is 9.54. The van der Waals surface area contributed by atoms with E-state index in [1.165, 1.54) is 6.08 Å². The maximum absolute atomic E-state index is 11.3. The Labute approximate surface area is 102 Å². The summed E-state index contributed by atoms with van der Waals surface area (Å²) in [6.07, 6.45) is 3.07. The summed E-state index contributed by atoms with van der Waals surface area (Å²) in [6, 6.07) is 0. The van der Waals surface area contributed by atoms with E-state index < -0.39 is 17.6 Å². The van der Waals surface area contributed by atoms with Crippen molar-refractivity contribution in [3.63, 3.8) is 0 Å². The molecule has 0 fully saturated rings. The third kappa shape index (κ3) is 6.84. The lowest BCUT2D eigenvalue weighted by molar-refractivity contribution is -0.141. The molecular formula is C10H10N2O6. The van der Waals surface area contributed by atoms with Crippen LogP contribution in [0.1, 0.15) is 6.92 Å². The molecule has 0 aliphatic rings. The fraction of sp³-hybridized carbons (Fsp3) is 0.400. The van der Waals surface area contributed by atoms with Crippen LogP contribution in [0, 0.1) is 0 Å². The molecule has 0 saturated carbocycles. The summed E-state index contributed by atoms with van der Waals surface area (Å²) in [7, 11) is 0. The molecule has 0 radical (unpaired) electrons. The van der Waals surface area contributed by atoms with Crippen LogP contribution in [0.3, 0.4) is 0 Å². The predicted molar refractivity (Wildman–Crippen MR) is 56.8 cm³/mol. The van der Waals surface area contributed by atoms with Gasteiger partial charge in [-0.15, -0.1) is 0 Å². The van der Waals surface area contributed by atoms with Gasteiger partial charge in [0, 0.05) is 0 Å². The summed E-state index contributed by atoms with van der Waals surface area (Å²) < 4.78 is 9.11. The maximum atomic E-state index is 11.3. The molecule has 0 bridgehead atoms. The smallest absolute Gasteiger partial charge is 0.358 e. The van der Waals surface area contributed by atoms with E-state index in [1.54, 1.807) is 6.92 Å². The van der Waals surface area contributed by atoms with E-state index >= 15 is 0 Å². The van der Waals surface area contributed by atoms with E-state index in [9.17, 15) is 19.2 Å². The van der Waals surface area contributed by atoms with Crippen molar-refractivity contribution < 1.29 is 28.7 Å². The standard InChI is InChI=1S/C10H10N2O6/c1-2-17-9(15)5-8(12-7-14)10(16)18-4-3-11-6-13/h5H,2-4H2,1H3/b8-5-. The molecule has 0 aliphatic heterocycles. The molecule has 96 valence electrons. The molecule has 0 rings (SSSR count). The summed E-state index contributed by atoms with van der Waals surface area (Å²) in [5, 5.41) is 0. The Morgan fingerprint density at radius 2 is 1.94 bits per heavy atom. The van der Waals surface area contributed by atoms with Crippen LogP contribution in [0.15, 0.2) is 21.8 Å². The normalized spacial score (nSPS) is 9.72. The molecule has 0 saturated heterocycles. The first-order valence-electron chi connectivity index (χ1n) is 4.82. The topological polar surface area (TPSA) is 111 Å². The molecule has 0 aliphatic carbocycles. The Morgan fingerprint density at radius 3 is 2.50 bits per heavy atom. The minimum absolute atomic E-state index is 0.0767. The number of ether oxygens (including phenoxy) is 2. The van der Waals surface area contributed by atoms with Gasteiger partial charge in [0.2, 0.25) is 12.2 Å². The van der Waals surface area contributed by atoms with Crippen LogP contribution < -0.4 is 0 Å². The van der Waals surface area contributed by atoms with Crippen molar-refractivity contribution in [3.05, 3.63) is 11.8 Å². The van der Waals surface area contributed by atoms with Crippen molar-refractivity contribution in [2.75, 3.05) is 19.8 Å². The number of aliphatic imine (C=N–C) groups is 2. The van der Waals surface area contributed by atoms with Gasteiger partial charge >= 0.3 is 11.9 Å². The van der Waals surface area contributed by atoms with E-state index in [0.29, 0.717) is 6.08 Å². The van der Waals surface area contributed by atoms with Crippen LogP contribution in [0.25, 0.3) is 0 Å². The van der Waals surface area contributed by atoms with Gasteiger partial charge in [-0.3, -0.25) is 0 Å². The average molecular weight is 254 g/mol. The molecule has 0 unspecified atom stereocenters. The van der Waals surface area contributed by atoms with Crippen LogP contribution in [-0.4, -0.2) is 43.9 Å². The van der Waals surface area contributed by atoms with Gasteiger partial charge in [-0.25, -0.2) is 24.2 Å². The highest BCUT2D eigenvalue weighted by molar-refractivity contribution is 5.96. The Morgan fingerprint density at radius 1 is 1.22 bits per heavy atom. The molecule has 0 heterocycles. The molecule has 0 spiro atoms. The van der Waals surface area contributed by atoms with Crippen molar-refractivity contribution in [1.82, 2.24) is 0 Å². The highest BCUT2D eigenvalue weighted by atomic mass is 16.5. The minimum atomic E-state index is -1.02. The minimum Gasteiger partial charge on any atom is -0.463 e. The number of isocyanates is 2. The molecule has 0 aromatic heterocycles. The van der Waals surface area contributed by atoms with E-state index in [4.69, 9.17) is 0 Å². The number of carbonyl (C=O) groups excluding carboxylic acids is 4. The summed E-state index contributed by atoms with van der Waals surface area (Å²) in [5.41, 5.74) is -0.543. The molecule has 0 aromatic carbocycles. The van der Waals surface area contributed by atoms with Gasteiger partial charge in [0.1, 0.15) is 6.61 Å². The SMILES string of the molecule is CCOC(=O)/C=C(\N=C=O)C(=O)OCCN=C=O.